The molecule has 2 heterocycles. The van der Waals surface area contributed by atoms with Crippen LogP contribution in [0.15, 0.2) is 20.0 Å². The first kappa shape index (κ1) is 14.4. The van der Waals surface area contributed by atoms with Gasteiger partial charge in [0, 0.05) is 18.2 Å². The van der Waals surface area contributed by atoms with Gasteiger partial charge in [0.15, 0.2) is 4.67 Å². The molecular formula is C11H15BrClNO3S. The van der Waals surface area contributed by atoms with Crippen molar-refractivity contribution < 1.29 is 12.8 Å². The summed E-state index contributed by atoms with van der Waals surface area (Å²) >= 11 is 8.80. The summed E-state index contributed by atoms with van der Waals surface area (Å²) in [7, 11) is -3.53. The summed E-state index contributed by atoms with van der Waals surface area (Å²) in [6.45, 7) is 4.42. The lowest BCUT2D eigenvalue weighted by Gasteiger charge is -2.30. The van der Waals surface area contributed by atoms with Gasteiger partial charge in [-0.1, -0.05) is 0 Å². The highest BCUT2D eigenvalue weighted by molar-refractivity contribution is 9.10. The molecule has 1 aromatic rings. The average molecular weight is 357 g/mol. The minimum atomic E-state index is -3.53. The second kappa shape index (κ2) is 4.81. The highest BCUT2D eigenvalue weighted by atomic mass is 79.9. The molecule has 0 unspecified atom stereocenters. The zero-order chi connectivity index (χ0) is 13.6. The van der Waals surface area contributed by atoms with Crippen LogP contribution in [0.25, 0.3) is 0 Å². The molecule has 0 saturated carbocycles. The Morgan fingerprint density at radius 3 is 2.67 bits per heavy atom. The molecule has 2 rings (SSSR count). The Balaban J connectivity index is 2.45. The minimum Gasteiger partial charge on any atom is -0.452 e. The summed E-state index contributed by atoms with van der Waals surface area (Å²) in [6.07, 6.45) is 1.74. The number of nitrogens with zero attached hydrogens (tertiary/aromatic N) is 1. The van der Waals surface area contributed by atoms with Crippen LogP contribution in [-0.4, -0.2) is 24.8 Å². The molecule has 1 saturated heterocycles. The van der Waals surface area contributed by atoms with Gasteiger partial charge in [0.1, 0.15) is 10.7 Å². The zero-order valence-electron chi connectivity index (χ0n) is 10.2. The molecule has 0 spiro atoms. The number of alkyl halides is 1. The molecule has 1 aromatic heterocycles. The number of rotatable bonds is 3. The standard InChI is InChI=1S/C11H15BrClNO3S/c1-11(2)4-3-5-14(11)18(15,16)9-6-8(7-13)17-10(9)12/h6H,3-5,7H2,1-2H3. The second-order valence-electron chi connectivity index (χ2n) is 4.98. The van der Waals surface area contributed by atoms with Crippen LogP contribution in [-0.2, 0) is 15.9 Å². The van der Waals surface area contributed by atoms with E-state index in [0.717, 1.165) is 12.8 Å². The molecule has 0 aliphatic carbocycles. The van der Waals surface area contributed by atoms with Crippen LogP contribution in [0.3, 0.4) is 0 Å². The monoisotopic (exact) mass is 355 g/mol. The predicted octanol–water partition coefficient (Wildman–Crippen LogP) is 3.34. The van der Waals surface area contributed by atoms with E-state index in [9.17, 15) is 8.42 Å². The van der Waals surface area contributed by atoms with Crippen molar-refractivity contribution in [2.45, 2.75) is 43.0 Å². The van der Waals surface area contributed by atoms with Crippen molar-refractivity contribution in [2.75, 3.05) is 6.54 Å². The van der Waals surface area contributed by atoms with Crippen LogP contribution in [0.2, 0.25) is 0 Å². The Bertz CT molecular complexity index is 553. The highest BCUT2D eigenvalue weighted by Crippen LogP contribution is 2.37. The number of hydrogen-bond acceptors (Lipinski definition) is 3. The third-order valence-electron chi connectivity index (χ3n) is 3.23. The molecule has 0 N–H and O–H groups in total. The Kier molecular flexibility index (Phi) is 3.84. The second-order valence-corrected chi connectivity index (χ2v) is 7.80. The maximum atomic E-state index is 12.6. The van der Waals surface area contributed by atoms with Crippen LogP contribution in [0.5, 0.6) is 0 Å². The number of sulfonamides is 1. The normalized spacial score (nSPS) is 20.4. The minimum absolute atomic E-state index is 0.150. The molecule has 0 amide bonds. The maximum absolute atomic E-state index is 12.6. The summed E-state index contributed by atoms with van der Waals surface area (Å²) in [4.78, 5) is 0.160. The van der Waals surface area contributed by atoms with Gasteiger partial charge in [-0.15, -0.1) is 11.6 Å². The van der Waals surface area contributed by atoms with E-state index in [2.05, 4.69) is 15.9 Å². The fourth-order valence-corrected chi connectivity index (χ4v) is 5.23. The van der Waals surface area contributed by atoms with Gasteiger partial charge >= 0.3 is 0 Å². The summed E-state index contributed by atoms with van der Waals surface area (Å²) in [5, 5.41) is 0. The van der Waals surface area contributed by atoms with Crippen LogP contribution in [0, 0.1) is 0 Å². The summed E-state index contributed by atoms with van der Waals surface area (Å²) < 4.78 is 32.2. The largest absolute Gasteiger partial charge is 0.452 e. The van der Waals surface area contributed by atoms with Crippen LogP contribution < -0.4 is 0 Å². The van der Waals surface area contributed by atoms with Gasteiger partial charge in [-0.2, -0.15) is 4.31 Å². The first-order valence-electron chi connectivity index (χ1n) is 5.66. The molecule has 1 aliphatic heterocycles. The highest BCUT2D eigenvalue weighted by Gasteiger charge is 2.42. The molecule has 18 heavy (non-hydrogen) atoms. The van der Waals surface area contributed by atoms with Crippen molar-refractivity contribution in [3.05, 3.63) is 16.5 Å². The van der Waals surface area contributed by atoms with Crippen LogP contribution in [0.4, 0.5) is 0 Å². The van der Waals surface area contributed by atoms with Gasteiger partial charge in [-0.3, -0.25) is 0 Å². The number of halogens is 2. The van der Waals surface area contributed by atoms with Crippen molar-refractivity contribution in [1.29, 1.82) is 0 Å². The lowest BCUT2D eigenvalue weighted by Crippen LogP contribution is -2.42. The maximum Gasteiger partial charge on any atom is 0.247 e. The van der Waals surface area contributed by atoms with E-state index in [1.165, 1.54) is 10.4 Å². The van der Waals surface area contributed by atoms with E-state index in [1.54, 1.807) is 0 Å². The molecule has 102 valence electrons. The molecule has 0 radical (unpaired) electrons. The summed E-state index contributed by atoms with van der Waals surface area (Å²) in [6, 6.07) is 1.49. The van der Waals surface area contributed by atoms with Gasteiger partial charge in [0.05, 0.1) is 5.88 Å². The van der Waals surface area contributed by atoms with Crippen molar-refractivity contribution in [2.24, 2.45) is 0 Å². The molecule has 7 heteroatoms. The Hall–Kier alpha value is -0.0400. The zero-order valence-corrected chi connectivity index (χ0v) is 13.4. The number of furan rings is 1. The van der Waals surface area contributed by atoms with Crippen LogP contribution in [0.1, 0.15) is 32.4 Å². The lowest BCUT2D eigenvalue weighted by molar-refractivity contribution is 0.291. The molecule has 4 nitrogen and oxygen atoms in total. The Labute approximate surface area is 120 Å². The van der Waals surface area contributed by atoms with E-state index >= 15 is 0 Å². The smallest absolute Gasteiger partial charge is 0.247 e. The Morgan fingerprint density at radius 1 is 1.56 bits per heavy atom. The van der Waals surface area contributed by atoms with E-state index < -0.39 is 10.0 Å². The predicted molar refractivity (Wildman–Crippen MR) is 73.2 cm³/mol. The van der Waals surface area contributed by atoms with Crippen LogP contribution >= 0.6 is 27.5 Å². The summed E-state index contributed by atoms with van der Waals surface area (Å²) in [5.74, 6) is 0.594. The fourth-order valence-electron chi connectivity index (χ4n) is 2.29. The third kappa shape index (κ3) is 2.35. The van der Waals surface area contributed by atoms with Gasteiger partial charge < -0.3 is 4.42 Å². The van der Waals surface area contributed by atoms with Crippen molar-refractivity contribution >= 4 is 37.6 Å². The quantitative estimate of drug-likeness (QED) is 0.780. The first-order chi connectivity index (χ1) is 8.29. The lowest BCUT2D eigenvalue weighted by atomic mass is 10.0. The van der Waals surface area contributed by atoms with E-state index in [0.29, 0.717) is 12.3 Å². The number of hydrogen-bond donors (Lipinski definition) is 0. The average Bonchev–Trinajstić information content (AvgIpc) is 2.81. The fraction of sp³-hybridized carbons (Fsp3) is 0.636. The first-order valence-corrected chi connectivity index (χ1v) is 8.43. The van der Waals surface area contributed by atoms with E-state index in [4.69, 9.17) is 16.0 Å². The van der Waals surface area contributed by atoms with Crippen molar-refractivity contribution in [1.82, 2.24) is 4.31 Å². The van der Waals surface area contributed by atoms with Gasteiger partial charge in [0.2, 0.25) is 10.0 Å². The Morgan fingerprint density at radius 2 is 2.22 bits per heavy atom. The van der Waals surface area contributed by atoms with E-state index in [-0.39, 0.29) is 21.0 Å². The third-order valence-corrected chi connectivity index (χ3v) is 6.46. The van der Waals surface area contributed by atoms with Gasteiger partial charge in [-0.05, 0) is 42.6 Å². The van der Waals surface area contributed by atoms with E-state index in [1.807, 2.05) is 13.8 Å². The molecule has 1 aliphatic rings. The summed E-state index contributed by atoms with van der Waals surface area (Å²) in [5.41, 5.74) is -0.351. The van der Waals surface area contributed by atoms with Gasteiger partial charge in [0.25, 0.3) is 0 Å². The molecule has 0 atom stereocenters. The van der Waals surface area contributed by atoms with Gasteiger partial charge in [-0.25, -0.2) is 8.42 Å². The molecule has 1 fully saturated rings. The SMILES string of the molecule is CC1(C)CCCN1S(=O)(=O)c1cc(CCl)oc1Br. The molecule has 0 bridgehead atoms. The van der Waals surface area contributed by atoms with Crippen molar-refractivity contribution in [3.8, 4) is 0 Å². The molecule has 0 aromatic carbocycles. The molecular weight excluding hydrogens is 342 g/mol. The van der Waals surface area contributed by atoms with Crippen molar-refractivity contribution in [3.63, 3.8) is 0 Å². The topological polar surface area (TPSA) is 50.5 Å².